The van der Waals surface area contributed by atoms with Crippen LogP contribution >= 0.6 is 0 Å². The minimum absolute atomic E-state index is 0.409. The van der Waals surface area contributed by atoms with Crippen molar-refractivity contribution in [3.8, 4) is 0 Å². The smallest absolute Gasteiger partial charge is 0.0248 e. The van der Waals surface area contributed by atoms with Crippen molar-refractivity contribution in [2.45, 2.75) is 52.1 Å². The number of hydrogen-bond acceptors (Lipinski definition) is 2. The van der Waals surface area contributed by atoms with Gasteiger partial charge in [-0.15, -0.1) is 0 Å². The average molecular weight is 198 g/mol. The molecule has 0 aromatic rings. The number of hydrogen-bond donors (Lipinski definition) is 1. The molecule has 1 aliphatic rings. The Labute approximate surface area is 89.1 Å². The van der Waals surface area contributed by atoms with E-state index in [1.807, 2.05) is 0 Å². The van der Waals surface area contributed by atoms with E-state index in [1.54, 1.807) is 0 Å². The number of likely N-dealkylation sites (N-methyl/N-ethyl adjacent to an activating group) is 1. The fourth-order valence-electron chi connectivity index (χ4n) is 2.66. The van der Waals surface area contributed by atoms with Gasteiger partial charge < -0.3 is 5.32 Å². The summed E-state index contributed by atoms with van der Waals surface area (Å²) in [4.78, 5) is 2.69. The second-order valence-electron chi connectivity index (χ2n) is 5.48. The summed E-state index contributed by atoms with van der Waals surface area (Å²) >= 11 is 0. The predicted molar refractivity (Wildman–Crippen MR) is 62.6 cm³/mol. The fraction of sp³-hybridized carbons (Fsp3) is 1.00. The quantitative estimate of drug-likeness (QED) is 0.744. The molecule has 0 aliphatic carbocycles. The highest BCUT2D eigenvalue weighted by molar-refractivity contribution is 4.93. The maximum absolute atomic E-state index is 3.32. The van der Waals surface area contributed by atoms with Gasteiger partial charge in [-0.25, -0.2) is 0 Å². The first kappa shape index (κ1) is 12.0. The summed E-state index contributed by atoms with van der Waals surface area (Å²) in [6.45, 7) is 11.8. The van der Waals surface area contributed by atoms with Crippen molar-refractivity contribution < 1.29 is 0 Å². The van der Waals surface area contributed by atoms with Gasteiger partial charge in [-0.05, 0) is 46.2 Å². The van der Waals surface area contributed by atoms with Gasteiger partial charge in [0.1, 0.15) is 0 Å². The lowest BCUT2D eigenvalue weighted by Gasteiger charge is -2.40. The van der Waals surface area contributed by atoms with Crippen LogP contribution in [0.4, 0.5) is 0 Å². The van der Waals surface area contributed by atoms with Gasteiger partial charge >= 0.3 is 0 Å². The van der Waals surface area contributed by atoms with Crippen molar-refractivity contribution in [2.24, 2.45) is 5.92 Å². The normalized spacial score (nSPS) is 24.4. The van der Waals surface area contributed by atoms with Crippen LogP contribution in [0.25, 0.3) is 0 Å². The van der Waals surface area contributed by atoms with Crippen LogP contribution < -0.4 is 5.32 Å². The van der Waals surface area contributed by atoms with E-state index in [0.29, 0.717) is 11.6 Å². The van der Waals surface area contributed by atoms with E-state index in [1.165, 1.54) is 19.4 Å². The molecule has 1 N–H and O–H groups in total. The molecule has 0 aromatic heterocycles. The summed E-state index contributed by atoms with van der Waals surface area (Å²) in [6.07, 6.45) is 2.71. The molecule has 2 heteroatoms. The Kier molecular flexibility index (Phi) is 3.96. The van der Waals surface area contributed by atoms with Crippen molar-refractivity contribution in [2.75, 3.05) is 20.1 Å². The van der Waals surface area contributed by atoms with Gasteiger partial charge in [0, 0.05) is 18.1 Å². The van der Waals surface area contributed by atoms with E-state index in [4.69, 9.17) is 0 Å². The molecule has 0 radical (unpaired) electrons. The van der Waals surface area contributed by atoms with Crippen LogP contribution in [0, 0.1) is 5.92 Å². The Balaban J connectivity index is 2.67. The van der Waals surface area contributed by atoms with Gasteiger partial charge in [-0.2, -0.15) is 0 Å². The van der Waals surface area contributed by atoms with Gasteiger partial charge in [0.15, 0.2) is 0 Å². The SMILES string of the molecule is CNCC(C(C)C)N1CCCC1(C)C. The molecule has 1 aliphatic heterocycles. The Bertz CT molecular complexity index is 175. The molecule has 0 bridgehead atoms. The van der Waals surface area contributed by atoms with Crippen molar-refractivity contribution in [3.63, 3.8) is 0 Å². The Hall–Kier alpha value is -0.0800. The van der Waals surface area contributed by atoms with E-state index in [2.05, 4.69) is 45.0 Å². The van der Waals surface area contributed by atoms with E-state index >= 15 is 0 Å². The van der Waals surface area contributed by atoms with Crippen molar-refractivity contribution >= 4 is 0 Å². The number of nitrogens with zero attached hydrogens (tertiary/aromatic N) is 1. The molecule has 84 valence electrons. The van der Waals surface area contributed by atoms with Gasteiger partial charge in [0.25, 0.3) is 0 Å². The second-order valence-corrected chi connectivity index (χ2v) is 5.48. The van der Waals surface area contributed by atoms with Gasteiger partial charge in [0.2, 0.25) is 0 Å². The second kappa shape index (κ2) is 4.63. The lowest BCUT2D eigenvalue weighted by atomic mass is 9.95. The van der Waals surface area contributed by atoms with Crippen LogP contribution in [-0.2, 0) is 0 Å². The van der Waals surface area contributed by atoms with Crippen molar-refractivity contribution in [1.82, 2.24) is 10.2 Å². The first-order valence-electron chi connectivity index (χ1n) is 5.90. The zero-order chi connectivity index (χ0) is 10.8. The lowest BCUT2D eigenvalue weighted by Crippen LogP contribution is -2.51. The zero-order valence-corrected chi connectivity index (χ0v) is 10.4. The Morgan fingerprint density at radius 3 is 2.36 bits per heavy atom. The number of nitrogens with one attached hydrogen (secondary N) is 1. The molecule has 1 atom stereocenters. The summed E-state index contributed by atoms with van der Waals surface area (Å²) in [5.41, 5.74) is 0.409. The molecule has 1 unspecified atom stereocenters. The maximum atomic E-state index is 3.32. The maximum Gasteiger partial charge on any atom is 0.0248 e. The highest BCUT2D eigenvalue weighted by atomic mass is 15.2. The van der Waals surface area contributed by atoms with E-state index < -0.39 is 0 Å². The number of rotatable bonds is 4. The van der Waals surface area contributed by atoms with Crippen LogP contribution in [0.2, 0.25) is 0 Å². The lowest BCUT2D eigenvalue weighted by molar-refractivity contribution is 0.0865. The average Bonchev–Trinajstić information content (AvgIpc) is 2.40. The molecule has 0 spiro atoms. The molecule has 1 saturated heterocycles. The monoisotopic (exact) mass is 198 g/mol. The molecule has 1 rings (SSSR count). The van der Waals surface area contributed by atoms with Crippen LogP contribution in [0.3, 0.4) is 0 Å². The first-order chi connectivity index (χ1) is 6.49. The van der Waals surface area contributed by atoms with E-state index in [-0.39, 0.29) is 0 Å². The van der Waals surface area contributed by atoms with Gasteiger partial charge in [0.05, 0.1) is 0 Å². The minimum Gasteiger partial charge on any atom is -0.318 e. The topological polar surface area (TPSA) is 15.3 Å². The van der Waals surface area contributed by atoms with Crippen LogP contribution in [0.1, 0.15) is 40.5 Å². The third kappa shape index (κ3) is 2.48. The Morgan fingerprint density at radius 1 is 1.36 bits per heavy atom. The molecule has 0 aromatic carbocycles. The first-order valence-corrected chi connectivity index (χ1v) is 5.90. The van der Waals surface area contributed by atoms with E-state index in [0.717, 1.165) is 12.5 Å². The highest BCUT2D eigenvalue weighted by Crippen LogP contribution is 2.32. The molecule has 0 saturated carbocycles. The largest absolute Gasteiger partial charge is 0.318 e. The van der Waals surface area contributed by atoms with Gasteiger partial charge in [-0.1, -0.05) is 13.8 Å². The zero-order valence-electron chi connectivity index (χ0n) is 10.4. The van der Waals surface area contributed by atoms with E-state index in [9.17, 15) is 0 Å². The summed E-state index contributed by atoms with van der Waals surface area (Å²) in [5, 5.41) is 3.32. The van der Waals surface area contributed by atoms with Crippen molar-refractivity contribution in [3.05, 3.63) is 0 Å². The highest BCUT2D eigenvalue weighted by Gasteiger charge is 2.37. The molecule has 0 amide bonds. The minimum atomic E-state index is 0.409. The summed E-state index contributed by atoms with van der Waals surface area (Å²) < 4.78 is 0. The molecule has 14 heavy (non-hydrogen) atoms. The molecule has 1 heterocycles. The Morgan fingerprint density at radius 2 is 2.00 bits per heavy atom. The third-order valence-corrected chi connectivity index (χ3v) is 3.55. The number of likely N-dealkylation sites (tertiary alicyclic amines) is 1. The molecular formula is C12H26N2. The summed E-state index contributed by atoms with van der Waals surface area (Å²) in [7, 11) is 2.05. The summed E-state index contributed by atoms with van der Waals surface area (Å²) in [6, 6.07) is 0.692. The predicted octanol–water partition coefficient (Wildman–Crippen LogP) is 2.10. The summed E-state index contributed by atoms with van der Waals surface area (Å²) in [5.74, 6) is 0.736. The standard InChI is InChI=1S/C12H26N2/c1-10(2)11(9-13-5)14-8-6-7-12(14,3)4/h10-11,13H,6-9H2,1-5H3. The molecule has 1 fully saturated rings. The van der Waals surface area contributed by atoms with Crippen LogP contribution in [0.5, 0.6) is 0 Å². The van der Waals surface area contributed by atoms with Crippen LogP contribution in [0.15, 0.2) is 0 Å². The van der Waals surface area contributed by atoms with Crippen molar-refractivity contribution in [1.29, 1.82) is 0 Å². The van der Waals surface area contributed by atoms with Crippen LogP contribution in [-0.4, -0.2) is 36.6 Å². The van der Waals surface area contributed by atoms with Gasteiger partial charge in [-0.3, -0.25) is 4.90 Å². The molecular weight excluding hydrogens is 172 g/mol. The third-order valence-electron chi connectivity index (χ3n) is 3.55. The molecule has 2 nitrogen and oxygen atoms in total. The fourth-order valence-corrected chi connectivity index (χ4v) is 2.66.